The van der Waals surface area contributed by atoms with Crippen LogP contribution in [0.5, 0.6) is 11.5 Å². The number of rotatable bonds is 4. The molecule has 0 aliphatic carbocycles. The molecule has 20 heavy (non-hydrogen) atoms. The molecule has 0 heterocycles. The first-order valence-electron chi connectivity index (χ1n) is 6.69. The number of phenols is 2. The molecule has 2 aromatic carbocycles. The van der Waals surface area contributed by atoms with Crippen molar-refractivity contribution in [2.24, 2.45) is 0 Å². The molecule has 0 bridgehead atoms. The van der Waals surface area contributed by atoms with Gasteiger partial charge in [0.25, 0.3) is 0 Å². The van der Waals surface area contributed by atoms with E-state index in [0.29, 0.717) is 0 Å². The van der Waals surface area contributed by atoms with Crippen LogP contribution in [-0.2, 0) is 6.42 Å². The van der Waals surface area contributed by atoms with E-state index in [1.165, 1.54) is 5.19 Å². The first-order chi connectivity index (χ1) is 9.40. The molecule has 0 aliphatic rings. The van der Waals surface area contributed by atoms with E-state index < -0.39 is 8.07 Å². The summed E-state index contributed by atoms with van der Waals surface area (Å²) in [4.78, 5) is 0.244. The molecular weight excluding hydrogens is 284 g/mol. The fourth-order valence-electron chi connectivity index (χ4n) is 2.30. The second kappa shape index (κ2) is 5.93. The maximum atomic E-state index is 9.70. The lowest BCUT2D eigenvalue weighted by molar-refractivity contribution is 0.427. The highest BCUT2D eigenvalue weighted by Gasteiger charge is 2.22. The number of hydrogen-bond donors (Lipinski definition) is 3. The minimum atomic E-state index is -1.49. The molecule has 2 nitrogen and oxygen atoms in total. The summed E-state index contributed by atoms with van der Waals surface area (Å²) in [5.74, 6) is 0.0880. The van der Waals surface area contributed by atoms with E-state index in [2.05, 4.69) is 50.0 Å². The van der Waals surface area contributed by atoms with E-state index in [9.17, 15) is 10.2 Å². The normalized spacial score (nSPS) is 11.6. The average molecular weight is 304 g/mol. The van der Waals surface area contributed by atoms with Crippen LogP contribution in [-0.4, -0.2) is 18.3 Å². The van der Waals surface area contributed by atoms with Crippen molar-refractivity contribution in [1.29, 1.82) is 0 Å². The second-order valence-electron chi connectivity index (χ2n) is 5.73. The lowest BCUT2D eigenvalue weighted by atomic mass is 10.1. The van der Waals surface area contributed by atoms with E-state index in [4.69, 9.17) is 0 Å². The third-order valence-corrected chi connectivity index (χ3v) is 7.58. The highest BCUT2D eigenvalue weighted by Crippen LogP contribution is 2.32. The number of thiol groups is 1. The van der Waals surface area contributed by atoms with Gasteiger partial charge in [0, 0.05) is 0 Å². The number of aryl methyl sites for hydroxylation is 1. The van der Waals surface area contributed by atoms with Gasteiger partial charge in [0.15, 0.2) is 0 Å². The minimum absolute atomic E-state index is 0.0440. The van der Waals surface area contributed by atoms with E-state index >= 15 is 0 Å². The average Bonchev–Trinajstić information content (AvgIpc) is 2.43. The Balaban J connectivity index is 2.12. The fourth-order valence-corrected chi connectivity index (χ4v) is 4.72. The largest absolute Gasteiger partial charge is 0.507 e. The molecule has 0 unspecified atom stereocenters. The summed E-state index contributed by atoms with van der Waals surface area (Å²) in [6, 6.07) is 15.0. The molecular formula is C16H20O2SSi. The summed E-state index contributed by atoms with van der Waals surface area (Å²) in [5, 5.41) is 20.8. The predicted octanol–water partition coefficient (Wildman–Crippen LogP) is 3.54. The Morgan fingerprint density at radius 3 is 2.10 bits per heavy atom. The quantitative estimate of drug-likeness (QED) is 0.597. The Morgan fingerprint density at radius 1 is 1.00 bits per heavy atom. The zero-order valence-electron chi connectivity index (χ0n) is 11.8. The highest BCUT2D eigenvalue weighted by molar-refractivity contribution is 7.80. The lowest BCUT2D eigenvalue weighted by Crippen LogP contribution is -2.41. The number of aromatic hydroxyl groups is 2. The zero-order chi connectivity index (χ0) is 14.8. The van der Waals surface area contributed by atoms with Crippen LogP contribution in [0.2, 0.25) is 19.1 Å². The van der Waals surface area contributed by atoms with Gasteiger partial charge in [-0.05, 0) is 30.2 Å². The topological polar surface area (TPSA) is 40.5 Å². The molecule has 0 aliphatic heterocycles. The Labute approximate surface area is 126 Å². The van der Waals surface area contributed by atoms with E-state index in [1.54, 1.807) is 12.1 Å². The fraction of sp³-hybridized carbons (Fsp3) is 0.250. The van der Waals surface area contributed by atoms with E-state index in [1.807, 2.05) is 6.07 Å². The van der Waals surface area contributed by atoms with Crippen molar-refractivity contribution in [2.75, 3.05) is 0 Å². The molecule has 0 aromatic heterocycles. The van der Waals surface area contributed by atoms with Crippen LogP contribution in [0.1, 0.15) is 5.56 Å². The minimum Gasteiger partial charge on any atom is -0.507 e. The Kier molecular flexibility index (Phi) is 4.45. The van der Waals surface area contributed by atoms with Gasteiger partial charge in [0.05, 0.1) is 13.0 Å². The maximum absolute atomic E-state index is 9.70. The van der Waals surface area contributed by atoms with Crippen LogP contribution in [0.15, 0.2) is 47.4 Å². The molecule has 2 rings (SSSR count). The molecule has 2 N–H and O–H groups in total. The monoisotopic (exact) mass is 304 g/mol. The van der Waals surface area contributed by atoms with Gasteiger partial charge in [0.2, 0.25) is 0 Å². The van der Waals surface area contributed by atoms with Gasteiger partial charge < -0.3 is 10.2 Å². The van der Waals surface area contributed by atoms with Crippen LogP contribution in [0, 0.1) is 0 Å². The summed E-state index contributed by atoms with van der Waals surface area (Å²) in [7, 11) is -1.49. The standard InChI is InChI=1S/C16H20O2SSi/c1-20(2,13-6-4-3-5-7-13)9-8-12-10-14(17)16(19)15(18)11-12/h3-7,10-11,17-19H,8-9H2,1-2H3. The molecule has 0 saturated carbocycles. The summed E-state index contributed by atoms with van der Waals surface area (Å²) >= 11 is 4.05. The molecule has 2 aromatic rings. The van der Waals surface area contributed by atoms with Crippen molar-refractivity contribution in [3.8, 4) is 11.5 Å². The van der Waals surface area contributed by atoms with E-state index in [-0.39, 0.29) is 16.4 Å². The molecule has 4 heteroatoms. The number of hydrogen-bond acceptors (Lipinski definition) is 3. The lowest BCUT2D eigenvalue weighted by Gasteiger charge is -2.23. The highest BCUT2D eigenvalue weighted by atomic mass is 32.1. The first kappa shape index (κ1) is 15.0. The van der Waals surface area contributed by atoms with Crippen LogP contribution in [0.3, 0.4) is 0 Å². The first-order valence-corrected chi connectivity index (χ1v) is 10.3. The van der Waals surface area contributed by atoms with Gasteiger partial charge in [-0.25, -0.2) is 0 Å². The van der Waals surface area contributed by atoms with E-state index in [0.717, 1.165) is 18.0 Å². The van der Waals surface area contributed by atoms with Crippen molar-refractivity contribution in [1.82, 2.24) is 0 Å². The number of benzene rings is 2. The number of phenolic OH excluding ortho intramolecular Hbond substituents is 2. The van der Waals surface area contributed by atoms with Crippen molar-refractivity contribution in [2.45, 2.75) is 30.5 Å². The van der Waals surface area contributed by atoms with Crippen LogP contribution < -0.4 is 5.19 Å². The van der Waals surface area contributed by atoms with Gasteiger partial charge in [-0.2, -0.15) is 0 Å². The summed E-state index contributed by atoms with van der Waals surface area (Å²) in [6.07, 6.45) is 0.850. The van der Waals surface area contributed by atoms with Crippen molar-refractivity contribution < 1.29 is 10.2 Å². The van der Waals surface area contributed by atoms with Gasteiger partial charge >= 0.3 is 0 Å². The SMILES string of the molecule is C[Si](C)(CCc1cc(O)c(S)c(O)c1)c1ccccc1. The summed E-state index contributed by atoms with van der Waals surface area (Å²) in [6.45, 7) is 4.68. The van der Waals surface area contributed by atoms with Crippen molar-refractivity contribution >= 4 is 25.9 Å². The molecule has 0 atom stereocenters. The molecule has 0 spiro atoms. The van der Waals surface area contributed by atoms with Gasteiger partial charge in [-0.3, -0.25) is 0 Å². The van der Waals surface area contributed by atoms with Gasteiger partial charge in [-0.1, -0.05) is 48.6 Å². The molecule has 0 radical (unpaired) electrons. The van der Waals surface area contributed by atoms with Crippen LogP contribution in [0.25, 0.3) is 0 Å². The Bertz CT molecular complexity index is 574. The second-order valence-corrected chi connectivity index (χ2v) is 11.0. The van der Waals surface area contributed by atoms with Crippen molar-refractivity contribution in [3.05, 3.63) is 48.0 Å². The van der Waals surface area contributed by atoms with Gasteiger partial charge in [-0.15, -0.1) is 12.6 Å². The summed E-state index contributed by atoms with van der Waals surface area (Å²) in [5.41, 5.74) is 0.953. The molecule has 0 saturated heterocycles. The van der Waals surface area contributed by atoms with Gasteiger partial charge in [0.1, 0.15) is 11.5 Å². The van der Waals surface area contributed by atoms with Crippen molar-refractivity contribution in [3.63, 3.8) is 0 Å². The third-order valence-electron chi connectivity index (χ3n) is 3.72. The third kappa shape index (κ3) is 3.38. The predicted molar refractivity (Wildman–Crippen MR) is 89.1 cm³/mol. The zero-order valence-corrected chi connectivity index (χ0v) is 13.7. The van der Waals surface area contributed by atoms with Crippen LogP contribution >= 0.6 is 12.6 Å². The van der Waals surface area contributed by atoms with Crippen LogP contribution in [0.4, 0.5) is 0 Å². The Hall–Kier alpha value is -1.39. The molecule has 0 amide bonds. The maximum Gasteiger partial charge on any atom is 0.132 e. The smallest absolute Gasteiger partial charge is 0.132 e. The molecule has 106 valence electrons. The molecule has 0 fully saturated rings. The Morgan fingerprint density at radius 2 is 1.55 bits per heavy atom. The summed E-state index contributed by atoms with van der Waals surface area (Å²) < 4.78 is 0.